The summed E-state index contributed by atoms with van der Waals surface area (Å²) in [5, 5.41) is 9.28. The summed E-state index contributed by atoms with van der Waals surface area (Å²) in [6, 6.07) is 5.74. The van der Waals surface area contributed by atoms with Crippen LogP contribution in [0.2, 0.25) is 0 Å². The lowest BCUT2D eigenvalue weighted by atomic mass is 10.1. The number of hydrogen-bond acceptors (Lipinski definition) is 6. The Balaban J connectivity index is 1.79. The Morgan fingerprint density at radius 2 is 1.91 bits per heavy atom. The molecule has 7 nitrogen and oxygen atoms in total. The maximum Gasteiger partial charge on any atom is 0.225 e. The van der Waals surface area contributed by atoms with Gasteiger partial charge in [-0.05, 0) is 19.4 Å². The van der Waals surface area contributed by atoms with Crippen LogP contribution in [-0.4, -0.2) is 51.4 Å². The molecule has 1 aliphatic heterocycles. The molecule has 1 amide bonds. The number of anilines is 1. The SMILES string of the molecule is CCN(C(=O)C(C)C)[C@H]1CCN(c2nc3cc(F)c(F)cc3nc2-c2cncc(C#N)c2)C1. The Morgan fingerprint density at radius 1 is 1.21 bits per heavy atom. The number of hydrogen-bond donors (Lipinski definition) is 0. The van der Waals surface area contributed by atoms with E-state index in [4.69, 9.17) is 0 Å². The van der Waals surface area contributed by atoms with Crippen LogP contribution in [0, 0.1) is 28.9 Å². The van der Waals surface area contributed by atoms with Gasteiger partial charge in [0, 0.05) is 55.6 Å². The molecule has 0 aliphatic carbocycles. The van der Waals surface area contributed by atoms with Crippen molar-refractivity contribution in [2.75, 3.05) is 24.5 Å². The van der Waals surface area contributed by atoms with Gasteiger partial charge in [0.05, 0.1) is 22.6 Å². The molecule has 33 heavy (non-hydrogen) atoms. The van der Waals surface area contributed by atoms with Crippen LogP contribution in [0.1, 0.15) is 32.8 Å². The maximum atomic E-state index is 13.9. The number of rotatable bonds is 5. The molecule has 4 rings (SSSR count). The van der Waals surface area contributed by atoms with Gasteiger partial charge in [0.15, 0.2) is 17.5 Å². The molecule has 0 radical (unpaired) electrons. The minimum Gasteiger partial charge on any atom is -0.353 e. The number of pyridine rings is 1. The zero-order valence-corrected chi connectivity index (χ0v) is 18.7. The first-order valence-electron chi connectivity index (χ1n) is 10.9. The minimum absolute atomic E-state index is 0.00349. The van der Waals surface area contributed by atoms with E-state index in [-0.39, 0.29) is 28.9 Å². The standard InChI is InChI=1S/C24H24F2N6O/c1-4-32(24(33)14(2)3)17-5-6-31(13-17)23-22(16-7-15(10-27)11-28-12-16)29-20-8-18(25)19(26)9-21(20)30-23/h7-9,11-12,14,17H,4-6,13H2,1-3H3/t17-/m0/s1. The summed E-state index contributed by atoms with van der Waals surface area (Å²) in [5.41, 5.74) is 1.76. The molecule has 1 aliphatic rings. The van der Waals surface area contributed by atoms with Crippen LogP contribution in [-0.2, 0) is 4.79 Å². The number of amides is 1. The topological polar surface area (TPSA) is 86.0 Å². The van der Waals surface area contributed by atoms with Crippen LogP contribution >= 0.6 is 0 Å². The molecule has 9 heteroatoms. The van der Waals surface area contributed by atoms with Crippen molar-refractivity contribution in [1.29, 1.82) is 5.26 Å². The summed E-state index contributed by atoms with van der Waals surface area (Å²) in [4.78, 5) is 29.9. The van der Waals surface area contributed by atoms with Crippen molar-refractivity contribution in [2.45, 2.75) is 33.2 Å². The van der Waals surface area contributed by atoms with Gasteiger partial charge in [0.2, 0.25) is 5.91 Å². The number of fused-ring (bicyclic) bond motifs is 1. The van der Waals surface area contributed by atoms with Crippen molar-refractivity contribution < 1.29 is 13.6 Å². The molecule has 3 aromatic rings. The normalized spacial score (nSPS) is 15.8. The summed E-state index contributed by atoms with van der Waals surface area (Å²) in [7, 11) is 0. The molecule has 170 valence electrons. The summed E-state index contributed by atoms with van der Waals surface area (Å²) in [6.07, 6.45) is 3.75. The monoisotopic (exact) mass is 450 g/mol. The lowest BCUT2D eigenvalue weighted by Gasteiger charge is -2.30. The second-order valence-electron chi connectivity index (χ2n) is 8.39. The fourth-order valence-corrected chi connectivity index (χ4v) is 4.20. The third-order valence-electron chi connectivity index (χ3n) is 5.85. The molecule has 0 unspecified atom stereocenters. The summed E-state index contributed by atoms with van der Waals surface area (Å²) < 4.78 is 27.8. The van der Waals surface area contributed by atoms with E-state index in [1.165, 1.54) is 6.20 Å². The van der Waals surface area contributed by atoms with Crippen LogP contribution in [0.15, 0.2) is 30.6 Å². The maximum absolute atomic E-state index is 13.9. The van der Waals surface area contributed by atoms with Crippen LogP contribution in [0.3, 0.4) is 0 Å². The first-order valence-corrected chi connectivity index (χ1v) is 10.9. The summed E-state index contributed by atoms with van der Waals surface area (Å²) in [5.74, 6) is -1.53. The number of likely N-dealkylation sites (N-methyl/N-ethyl adjacent to an activating group) is 1. The van der Waals surface area contributed by atoms with Gasteiger partial charge in [0.25, 0.3) is 0 Å². The molecular formula is C24H24F2N6O. The third kappa shape index (κ3) is 4.33. The lowest BCUT2D eigenvalue weighted by Crippen LogP contribution is -2.43. The van der Waals surface area contributed by atoms with Gasteiger partial charge in [0.1, 0.15) is 11.8 Å². The van der Waals surface area contributed by atoms with Gasteiger partial charge >= 0.3 is 0 Å². The van der Waals surface area contributed by atoms with Crippen LogP contribution in [0.5, 0.6) is 0 Å². The number of nitriles is 1. The van der Waals surface area contributed by atoms with Crippen molar-refractivity contribution in [1.82, 2.24) is 19.9 Å². The van der Waals surface area contributed by atoms with E-state index in [1.807, 2.05) is 30.6 Å². The summed E-state index contributed by atoms with van der Waals surface area (Å²) >= 11 is 0. The number of aromatic nitrogens is 3. The highest BCUT2D eigenvalue weighted by Gasteiger charge is 2.33. The van der Waals surface area contributed by atoms with E-state index >= 15 is 0 Å². The molecule has 1 aromatic carbocycles. The van der Waals surface area contributed by atoms with Crippen molar-refractivity contribution in [2.24, 2.45) is 5.92 Å². The Labute approximate surface area is 190 Å². The van der Waals surface area contributed by atoms with Crippen LogP contribution < -0.4 is 4.90 Å². The number of halogens is 2. The van der Waals surface area contributed by atoms with Gasteiger partial charge in [-0.25, -0.2) is 18.7 Å². The van der Waals surface area contributed by atoms with Crippen LogP contribution in [0.25, 0.3) is 22.3 Å². The van der Waals surface area contributed by atoms with Crippen molar-refractivity contribution in [3.63, 3.8) is 0 Å². The smallest absolute Gasteiger partial charge is 0.225 e. The number of nitrogens with zero attached hydrogens (tertiary/aromatic N) is 6. The molecule has 0 saturated carbocycles. The van der Waals surface area contributed by atoms with Gasteiger partial charge in [-0.15, -0.1) is 0 Å². The van der Waals surface area contributed by atoms with Gasteiger partial charge < -0.3 is 9.80 Å². The van der Waals surface area contributed by atoms with Crippen molar-refractivity contribution in [3.05, 3.63) is 47.8 Å². The Kier molecular flexibility index (Phi) is 6.18. The number of carbonyl (C=O) groups is 1. The van der Waals surface area contributed by atoms with E-state index in [0.29, 0.717) is 42.3 Å². The quantitative estimate of drug-likeness (QED) is 0.586. The Morgan fingerprint density at radius 3 is 2.55 bits per heavy atom. The molecule has 1 saturated heterocycles. The molecular weight excluding hydrogens is 426 g/mol. The summed E-state index contributed by atoms with van der Waals surface area (Å²) in [6.45, 7) is 7.48. The largest absolute Gasteiger partial charge is 0.353 e. The van der Waals surface area contributed by atoms with Gasteiger partial charge in [-0.1, -0.05) is 13.8 Å². The van der Waals surface area contributed by atoms with E-state index in [1.54, 1.807) is 12.3 Å². The molecule has 0 N–H and O–H groups in total. The molecule has 0 bridgehead atoms. The van der Waals surface area contributed by atoms with Crippen molar-refractivity contribution >= 4 is 22.8 Å². The minimum atomic E-state index is -1.01. The van der Waals surface area contributed by atoms with Gasteiger partial charge in [-0.2, -0.15) is 5.26 Å². The molecule has 1 atom stereocenters. The van der Waals surface area contributed by atoms with E-state index in [9.17, 15) is 18.8 Å². The zero-order chi connectivity index (χ0) is 23.7. The molecule has 1 fully saturated rings. The highest BCUT2D eigenvalue weighted by Crippen LogP contribution is 2.33. The van der Waals surface area contributed by atoms with E-state index < -0.39 is 11.6 Å². The average molecular weight is 450 g/mol. The zero-order valence-electron chi connectivity index (χ0n) is 18.7. The molecule has 2 aromatic heterocycles. The molecule has 0 spiro atoms. The second kappa shape index (κ2) is 9.06. The first kappa shape index (κ1) is 22.5. The van der Waals surface area contributed by atoms with Gasteiger partial charge in [-0.3, -0.25) is 9.78 Å². The molecule has 3 heterocycles. The Bertz CT molecular complexity index is 1260. The average Bonchev–Trinajstić information content (AvgIpc) is 3.29. The fraction of sp³-hybridized carbons (Fsp3) is 0.375. The number of carbonyl (C=O) groups excluding carboxylic acids is 1. The lowest BCUT2D eigenvalue weighted by molar-refractivity contribution is -0.136. The predicted molar refractivity (Wildman–Crippen MR) is 120 cm³/mol. The Hall–Kier alpha value is -3.67. The number of benzene rings is 1. The highest BCUT2D eigenvalue weighted by molar-refractivity contribution is 5.84. The highest BCUT2D eigenvalue weighted by atomic mass is 19.2. The van der Waals surface area contributed by atoms with Crippen molar-refractivity contribution in [3.8, 4) is 17.3 Å². The fourth-order valence-electron chi connectivity index (χ4n) is 4.20. The van der Waals surface area contributed by atoms with E-state index in [0.717, 1.165) is 18.6 Å². The third-order valence-corrected chi connectivity index (χ3v) is 5.85. The predicted octanol–water partition coefficient (Wildman–Crippen LogP) is 3.92. The van der Waals surface area contributed by atoms with E-state index in [2.05, 4.69) is 21.0 Å². The van der Waals surface area contributed by atoms with Crippen LogP contribution in [0.4, 0.5) is 14.6 Å². The second-order valence-corrected chi connectivity index (χ2v) is 8.39. The first-order chi connectivity index (χ1) is 15.8.